The second-order valence-electron chi connectivity index (χ2n) is 10.8. The number of benzene rings is 2. The van der Waals surface area contributed by atoms with Crippen molar-refractivity contribution < 1.29 is 9.90 Å². The topological polar surface area (TPSA) is 79.5 Å². The maximum Gasteiger partial charge on any atom is 0.240 e. The van der Waals surface area contributed by atoms with Gasteiger partial charge in [0.1, 0.15) is 11.6 Å². The quantitative estimate of drug-likeness (QED) is 0.412. The Morgan fingerprint density at radius 1 is 1.09 bits per heavy atom. The van der Waals surface area contributed by atoms with Crippen LogP contribution in [0, 0.1) is 6.92 Å². The SMILES string of the molecule is Cc1nc2cc(/C=N\NC(=O)CCc3cc(C(C)(C)C)c(O)c(C(C)(C)C)c3)ccc2n1C. The van der Waals surface area contributed by atoms with E-state index in [1.165, 1.54) is 0 Å². The van der Waals surface area contributed by atoms with E-state index in [-0.39, 0.29) is 16.7 Å². The van der Waals surface area contributed by atoms with Gasteiger partial charge in [-0.15, -0.1) is 0 Å². The van der Waals surface area contributed by atoms with Gasteiger partial charge in [-0.2, -0.15) is 5.10 Å². The highest BCUT2D eigenvalue weighted by Crippen LogP contribution is 2.40. The van der Waals surface area contributed by atoms with Gasteiger partial charge < -0.3 is 9.67 Å². The summed E-state index contributed by atoms with van der Waals surface area (Å²) in [7, 11) is 1.99. The Balaban J connectivity index is 1.68. The predicted octanol–water partition coefficient (Wildman–Crippen LogP) is 5.27. The normalized spacial score (nSPS) is 12.6. The number of carbonyl (C=O) groups excluding carboxylic acids is 1. The fraction of sp³-hybridized carbons (Fsp3) is 0.444. The molecule has 0 saturated carbocycles. The zero-order valence-electron chi connectivity index (χ0n) is 21.1. The summed E-state index contributed by atoms with van der Waals surface area (Å²) in [4.78, 5) is 16.9. The van der Waals surface area contributed by atoms with Crippen LogP contribution in [0.2, 0.25) is 0 Å². The number of imidazole rings is 1. The van der Waals surface area contributed by atoms with E-state index in [1.807, 2.05) is 48.9 Å². The van der Waals surface area contributed by atoms with E-state index in [1.54, 1.807) is 6.21 Å². The number of fused-ring (bicyclic) bond motifs is 1. The van der Waals surface area contributed by atoms with Crippen LogP contribution in [-0.4, -0.2) is 26.8 Å². The molecule has 0 aliphatic rings. The van der Waals surface area contributed by atoms with E-state index >= 15 is 0 Å². The predicted molar refractivity (Wildman–Crippen MR) is 135 cm³/mol. The molecule has 2 N–H and O–H groups in total. The van der Waals surface area contributed by atoms with Crippen LogP contribution in [-0.2, 0) is 29.1 Å². The first-order valence-electron chi connectivity index (χ1n) is 11.4. The van der Waals surface area contributed by atoms with Crippen LogP contribution in [0.5, 0.6) is 5.75 Å². The molecular formula is C27H36N4O2. The van der Waals surface area contributed by atoms with Gasteiger partial charge in [-0.1, -0.05) is 59.7 Å². The molecule has 0 atom stereocenters. The largest absolute Gasteiger partial charge is 0.507 e. The first kappa shape index (κ1) is 24.5. The number of rotatable bonds is 5. The molecule has 1 amide bonds. The molecule has 0 radical (unpaired) electrons. The first-order chi connectivity index (χ1) is 15.3. The molecule has 3 aromatic rings. The lowest BCUT2D eigenvalue weighted by atomic mass is 9.78. The van der Waals surface area contributed by atoms with Crippen LogP contribution in [0.4, 0.5) is 0 Å². The van der Waals surface area contributed by atoms with Crippen LogP contribution in [0.15, 0.2) is 35.4 Å². The van der Waals surface area contributed by atoms with Crippen molar-refractivity contribution in [2.75, 3.05) is 0 Å². The highest BCUT2D eigenvalue weighted by atomic mass is 16.3. The summed E-state index contributed by atoms with van der Waals surface area (Å²) in [6.45, 7) is 14.5. The van der Waals surface area contributed by atoms with Gasteiger partial charge >= 0.3 is 0 Å². The van der Waals surface area contributed by atoms with Crippen molar-refractivity contribution >= 4 is 23.2 Å². The van der Waals surface area contributed by atoms with Crippen LogP contribution >= 0.6 is 0 Å². The summed E-state index contributed by atoms with van der Waals surface area (Å²) in [6.07, 6.45) is 2.53. The molecule has 1 aromatic heterocycles. The monoisotopic (exact) mass is 448 g/mol. The summed E-state index contributed by atoms with van der Waals surface area (Å²) in [6, 6.07) is 9.95. The van der Waals surface area contributed by atoms with Crippen LogP contribution in [0.3, 0.4) is 0 Å². The fourth-order valence-corrected chi connectivity index (χ4v) is 3.89. The Morgan fingerprint density at radius 2 is 1.70 bits per heavy atom. The van der Waals surface area contributed by atoms with Gasteiger partial charge in [-0.05, 0) is 58.6 Å². The van der Waals surface area contributed by atoms with Gasteiger partial charge in [0.15, 0.2) is 0 Å². The van der Waals surface area contributed by atoms with Crippen molar-refractivity contribution in [1.29, 1.82) is 0 Å². The van der Waals surface area contributed by atoms with Gasteiger partial charge in [0, 0.05) is 13.5 Å². The average Bonchev–Trinajstić information content (AvgIpc) is 2.98. The minimum atomic E-state index is -0.195. The van der Waals surface area contributed by atoms with Gasteiger partial charge in [0.05, 0.1) is 17.2 Å². The molecule has 176 valence electrons. The summed E-state index contributed by atoms with van der Waals surface area (Å²) in [5, 5.41) is 15.0. The van der Waals surface area contributed by atoms with E-state index < -0.39 is 0 Å². The molecule has 0 spiro atoms. The number of nitrogens with zero attached hydrogens (tertiary/aromatic N) is 3. The molecule has 3 rings (SSSR count). The Morgan fingerprint density at radius 3 is 2.27 bits per heavy atom. The number of phenols is 1. The van der Waals surface area contributed by atoms with Crippen LogP contribution < -0.4 is 5.43 Å². The number of aryl methyl sites for hydroxylation is 3. The molecule has 0 bridgehead atoms. The van der Waals surface area contributed by atoms with Crippen LogP contribution in [0.25, 0.3) is 11.0 Å². The minimum absolute atomic E-state index is 0.149. The molecule has 6 nitrogen and oxygen atoms in total. The summed E-state index contributed by atoms with van der Waals surface area (Å²) < 4.78 is 2.04. The molecule has 0 unspecified atom stereocenters. The first-order valence-corrected chi connectivity index (χ1v) is 11.4. The molecule has 0 saturated heterocycles. The number of carbonyl (C=O) groups is 1. The molecule has 6 heteroatoms. The van der Waals surface area contributed by atoms with Crippen molar-refractivity contribution in [2.45, 2.75) is 72.1 Å². The third-order valence-electron chi connectivity index (χ3n) is 5.96. The van der Waals surface area contributed by atoms with Crippen molar-refractivity contribution in [3.05, 3.63) is 58.4 Å². The van der Waals surface area contributed by atoms with E-state index in [2.05, 4.69) is 57.1 Å². The standard InChI is InChI=1S/C27H36N4O2/c1-17-29-22-15-19(9-11-23(22)31(17)8)16-28-30-24(32)12-10-18-13-20(26(2,3)4)25(33)21(14-18)27(5,6)7/h9,11,13-16,33H,10,12H2,1-8H3,(H,30,32)/b28-16-. The second kappa shape index (κ2) is 9.00. The number of amides is 1. The summed E-state index contributed by atoms with van der Waals surface area (Å²) in [5.74, 6) is 1.16. The molecule has 2 aromatic carbocycles. The highest BCUT2D eigenvalue weighted by molar-refractivity contribution is 5.88. The number of hydrogen-bond acceptors (Lipinski definition) is 4. The van der Waals surface area contributed by atoms with Gasteiger partial charge in [-0.3, -0.25) is 4.79 Å². The third-order valence-corrected chi connectivity index (χ3v) is 5.96. The minimum Gasteiger partial charge on any atom is -0.507 e. The Bertz CT molecular complexity index is 1170. The van der Waals surface area contributed by atoms with E-state index in [0.717, 1.165) is 39.1 Å². The fourth-order valence-electron chi connectivity index (χ4n) is 3.89. The van der Waals surface area contributed by atoms with E-state index in [4.69, 9.17) is 0 Å². The zero-order valence-corrected chi connectivity index (χ0v) is 21.1. The molecule has 0 aliphatic carbocycles. The van der Waals surface area contributed by atoms with Crippen molar-refractivity contribution in [2.24, 2.45) is 12.1 Å². The number of aromatic hydroxyl groups is 1. The smallest absolute Gasteiger partial charge is 0.240 e. The van der Waals surface area contributed by atoms with Crippen molar-refractivity contribution in [1.82, 2.24) is 15.0 Å². The van der Waals surface area contributed by atoms with Crippen LogP contribution in [0.1, 0.15) is 76.0 Å². The summed E-state index contributed by atoms with van der Waals surface area (Å²) >= 11 is 0. The number of nitrogens with one attached hydrogen (secondary N) is 1. The van der Waals surface area contributed by atoms with Crippen molar-refractivity contribution in [3.8, 4) is 5.75 Å². The van der Waals surface area contributed by atoms with Crippen molar-refractivity contribution in [3.63, 3.8) is 0 Å². The maximum atomic E-state index is 12.4. The van der Waals surface area contributed by atoms with Gasteiger partial charge in [-0.25, -0.2) is 10.4 Å². The Hall–Kier alpha value is -3.15. The van der Waals surface area contributed by atoms with E-state index in [0.29, 0.717) is 18.6 Å². The van der Waals surface area contributed by atoms with E-state index in [9.17, 15) is 9.90 Å². The molecule has 0 aliphatic heterocycles. The lowest BCUT2D eigenvalue weighted by Crippen LogP contribution is -2.20. The number of hydrazone groups is 1. The van der Waals surface area contributed by atoms with Gasteiger partial charge in [0.25, 0.3) is 0 Å². The third kappa shape index (κ3) is 5.62. The Labute approximate surface area is 196 Å². The lowest BCUT2D eigenvalue weighted by molar-refractivity contribution is -0.121. The zero-order chi connectivity index (χ0) is 24.6. The Kier molecular flexibility index (Phi) is 6.68. The molecular weight excluding hydrogens is 412 g/mol. The lowest BCUT2D eigenvalue weighted by Gasteiger charge is -2.28. The molecule has 0 fully saturated rings. The average molecular weight is 449 g/mol. The maximum absolute atomic E-state index is 12.4. The molecule has 1 heterocycles. The summed E-state index contributed by atoms with van der Waals surface area (Å²) in [5.41, 5.74) is 7.93. The number of phenolic OH excluding ortho intramolecular Hbond substituents is 1. The second-order valence-corrected chi connectivity index (χ2v) is 10.8. The van der Waals surface area contributed by atoms with Gasteiger partial charge in [0.2, 0.25) is 5.91 Å². The highest BCUT2D eigenvalue weighted by Gasteiger charge is 2.26. The number of hydrogen-bond donors (Lipinski definition) is 2. The molecule has 33 heavy (non-hydrogen) atoms. The number of aromatic nitrogens is 2.